The first-order valence-corrected chi connectivity index (χ1v) is 16.2. The van der Waals surface area contributed by atoms with Gasteiger partial charge < -0.3 is 5.32 Å². The quantitative estimate of drug-likeness (QED) is 0.430. The van der Waals surface area contributed by atoms with E-state index < -0.39 is 15.9 Å². The summed E-state index contributed by atoms with van der Waals surface area (Å²) in [4.78, 5) is 20.4. The highest BCUT2D eigenvalue weighted by Crippen LogP contribution is 2.37. The molecule has 1 aliphatic carbocycles. The van der Waals surface area contributed by atoms with Crippen molar-refractivity contribution in [3.63, 3.8) is 0 Å². The second-order valence-corrected chi connectivity index (χ2v) is 14.4. The number of piperidine rings is 1. The SMILES string of the molecule is Cc1nc(CC(=O)NC2CCN([C@H](C)CN(c3ccccc3)S(=O)(=O)CC3CCC(F)(F)CC3)CC2)c(C)s1. The summed E-state index contributed by atoms with van der Waals surface area (Å²) in [5.41, 5.74) is 1.44. The smallest absolute Gasteiger partial charge is 0.248 e. The number of likely N-dealkylation sites (tertiary alicyclic amines) is 1. The number of hydrogen-bond donors (Lipinski definition) is 1. The van der Waals surface area contributed by atoms with Gasteiger partial charge in [0.25, 0.3) is 0 Å². The lowest BCUT2D eigenvalue weighted by atomic mass is 9.88. The molecule has 0 unspecified atom stereocenters. The number of alkyl halides is 2. The van der Waals surface area contributed by atoms with Gasteiger partial charge in [0.2, 0.25) is 21.9 Å². The number of halogens is 2. The van der Waals surface area contributed by atoms with E-state index in [1.807, 2.05) is 39.0 Å². The lowest BCUT2D eigenvalue weighted by molar-refractivity contribution is -0.121. The summed E-state index contributed by atoms with van der Waals surface area (Å²) >= 11 is 1.60. The van der Waals surface area contributed by atoms with Gasteiger partial charge in [-0.2, -0.15) is 0 Å². The maximum absolute atomic E-state index is 13.6. The van der Waals surface area contributed by atoms with E-state index in [-0.39, 0.29) is 68.3 Å². The molecule has 2 fully saturated rings. The molecule has 1 saturated carbocycles. The molecule has 7 nitrogen and oxygen atoms in total. The van der Waals surface area contributed by atoms with Gasteiger partial charge in [-0.05, 0) is 64.5 Å². The Morgan fingerprint density at radius 3 is 2.38 bits per heavy atom. The van der Waals surface area contributed by atoms with Gasteiger partial charge >= 0.3 is 0 Å². The fourth-order valence-electron chi connectivity index (χ4n) is 5.64. The molecule has 0 radical (unpaired) electrons. The van der Waals surface area contributed by atoms with Crippen LogP contribution in [0.1, 0.15) is 61.0 Å². The number of benzene rings is 1. The molecule has 39 heavy (non-hydrogen) atoms. The van der Waals surface area contributed by atoms with Gasteiger partial charge in [-0.1, -0.05) is 18.2 Å². The topological polar surface area (TPSA) is 82.6 Å². The average Bonchev–Trinajstić information content (AvgIpc) is 3.20. The van der Waals surface area contributed by atoms with E-state index in [9.17, 15) is 22.0 Å². The van der Waals surface area contributed by atoms with Crippen LogP contribution in [0.15, 0.2) is 30.3 Å². The van der Waals surface area contributed by atoms with Crippen LogP contribution in [-0.2, 0) is 21.2 Å². The average molecular weight is 583 g/mol. The van der Waals surface area contributed by atoms with E-state index in [1.165, 1.54) is 4.31 Å². The second kappa shape index (κ2) is 12.6. The predicted molar refractivity (Wildman–Crippen MR) is 152 cm³/mol. The largest absolute Gasteiger partial charge is 0.353 e. The number of aryl methyl sites for hydroxylation is 2. The number of nitrogens with zero attached hydrogens (tertiary/aromatic N) is 3. The van der Waals surface area contributed by atoms with Crippen molar-refractivity contribution in [3.8, 4) is 0 Å². The number of nitrogens with one attached hydrogen (secondary N) is 1. The van der Waals surface area contributed by atoms with Crippen LogP contribution in [0.25, 0.3) is 0 Å². The van der Waals surface area contributed by atoms with E-state index in [0.717, 1.165) is 41.5 Å². The van der Waals surface area contributed by atoms with Crippen molar-refractivity contribution in [3.05, 3.63) is 45.9 Å². The number of thiazole rings is 1. The molecule has 2 heterocycles. The van der Waals surface area contributed by atoms with Crippen molar-refractivity contribution in [1.29, 1.82) is 0 Å². The minimum absolute atomic E-state index is 0.0169. The van der Waals surface area contributed by atoms with Crippen molar-refractivity contribution < 1.29 is 22.0 Å². The first-order valence-electron chi connectivity index (χ1n) is 13.8. The summed E-state index contributed by atoms with van der Waals surface area (Å²) in [7, 11) is -3.70. The highest BCUT2D eigenvalue weighted by Gasteiger charge is 2.38. The Bertz CT molecular complexity index is 1200. The lowest BCUT2D eigenvalue weighted by Crippen LogP contribution is -2.51. The Hall–Kier alpha value is -2.11. The number of carbonyl (C=O) groups excluding carboxylic acids is 1. The third kappa shape index (κ3) is 8.20. The van der Waals surface area contributed by atoms with Crippen LogP contribution >= 0.6 is 11.3 Å². The summed E-state index contributed by atoms with van der Waals surface area (Å²) < 4.78 is 55.9. The first-order chi connectivity index (χ1) is 18.4. The molecule has 2 aliphatic rings. The Morgan fingerprint density at radius 2 is 1.79 bits per heavy atom. The first kappa shape index (κ1) is 29.9. The molecule has 1 aliphatic heterocycles. The summed E-state index contributed by atoms with van der Waals surface area (Å²) in [5.74, 6) is -3.07. The van der Waals surface area contributed by atoms with Crippen molar-refractivity contribution in [2.24, 2.45) is 5.92 Å². The standard InChI is InChI=1S/C28H40F2N4O3S2/c1-20(33-15-11-24(12-16-33)32-27(35)17-26-21(2)38-22(3)31-26)18-34(25-7-5-4-6-8-25)39(36,37)19-23-9-13-28(29,30)14-10-23/h4-8,20,23-24H,9-19H2,1-3H3,(H,32,35)/t20-/m1/s1. The summed E-state index contributed by atoms with van der Waals surface area (Å²) in [6.07, 6.45) is 1.83. The number of amides is 1. The summed E-state index contributed by atoms with van der Waals surface area (Å²) in [5, 5.41) is 4.11. The Balaban J connectivity index is 1.33. The number of anilines is 1. The van der Waals surface area contributed by atoms with E-state index in [1.54, 1.807) is 23.5 Å². The number of carbonyl (C=O) groups is 1. The van der Waals surface area contributed by atoms with E-state index >= 15 is 0 Å². The molecule has 0 spiro atoms. The van der Waals surface area contributed by atoms with Gasteiger partial charge in [-0.3, -0.25) is 14.0 Å². The van der Waals surface area contributed by atoms with Crippen LogP contribution < -0.4 is 9.62 Å². The monoisotopic (exact) mass is 582 g/mol. The molecule has 1 amide bonds. The van der Waals surface area contributed by atoms with E-state index in [2.05, 4.69) is 15.2 Å². The van der Waals surface area contributed by atoms with Gasteiger partial charge in [-0.15, -0.1) is 11.3 Å². The fourth-order valence-corrected chi connectivity index (χ4v) is 8.46. The molecule has 1 aromatic heterocycles. The highest BCUT2D eigenvalue weighted by atomic mass is 32.2. The van der Waals surface area contributed by atoms with Crippen molar-refractivity contribution in [2.75, 3.05) is 29.7 Å². The van der Waals surface area contributed by atoms with Gasteiger partial charge in [0.05, 0.1) is 28.6 Å². The molecule has 11 heteroatoms. The zero-order chi connectivity index (χ0) is 28.2. The summed E-state index contributed by atoms with van der Waals surface area (Å²) in [6, 6.07) is 9.07. The lowest BCUT2D eigenvalue weighted by Gasteiger charge is -2.39. The number of hydrogen-bond acceptors (Lipinski definition) is 6. The fraction of sp³-hybridized carbons (Fsp3) is 0.643. The molecule has 1 aromatic carbocycles. The Labute approximate surface area is 235 Å². The van der Waals surface area contributed by atoms with Crippen LogP contribution in [0.3, 0.4) is 0 Å². The maximum Gasteiger partial charge on any atom is 0.248 e. The van der Waals surface area contributed by atoms with E-state index in [0.29, 0.717) is 5.69 Å². The number of sulfonamides is 1. The minimum atomic E-state index is -3.70. The van der Waals surface area contributed by atoms with E-state index in [4.69, 9.17) is 0 Å². The van der Waals surface area contributed by atoms with Gasteiger partial charge in [-0.25, -0.2) is 22.2 Å². The molecule has 4 rings (SSSR count). The third-order valence-corrected chi connectivity index (χ3v) is 10.8. The normalized spacial score (nSPS) is 20.0. The predicted octanol–water partition coefficient (Wildman–Crippen LogP) is 4.93. The van der Waals surface area contributed by atoms with Crippen LogP contribution in [0.4, 0.5) is 14.5 Å². The second-order valence-electron chi connectivity index (χ2n) is 11.1. The molecule has 216 valence electrons. The Morgan fingerprint density at radius 1 is 1.15 bits per heavy atom. The third-order valence-electron chi connectivity index (χ3n) is 7.94. The van der Waals surface area contributed by atoms with Crippen LogP contribution in [0, 0.1) is 19.8 Å². The Kier molecular flexibility index (Phi) is 9.65. The molecule has 1 saturated heterocycles. The van der Waals surface area contributed by atoms with Gasteiger partial charge in [0.15, 0.2) is 0 Å². The summed E-state index contributed by atoms with van der Waals surface area (Å²) in [6.45, 7) is 7.74. The number of para-hydroxylation sites is 1. The molecule has 1 atom stereocenters. The zero-order valence-corrected chi connectivity index (χ0v) is 24.7. The van der Waals surface area contributed by atoms with Crippen LogP contribution in [0.2, 0.25) is 0 Å². The van der Waals surface area contributed by atoms with Crippen molar-refractivity contribution in [2.45, 2.75) is 83.7 Å². The van der Waals surface area contributed by atoms with Crippen LogP contribution in [0.5, 0.6) is 0 Å². The zero-order valence-electron chi connectivity index (χ0n) is 23.0. The molecular formula is C28H40F2N4O3S2. The molecular weight excluding hydrogens is 542 g/mol. The molecule has 1 N–H and O–H groups in total. The van der Waals surface area contributed by atoms with Gasteiger partial charge in [0.1, 0.15) is 0 Å². The van der Waals surface area contributed by atoms with Gasteiger partial charge in [0, 0.05) is 49.4 Å². The van der Waals surface area contributed by atoms with Crippen molar-refractivity contribution in [1.82, 2.24) is 15.2 Å². The number of aromatic nitrogens is 1. The molecule has 2 aromatic rings. The molecule has 0 bridgehead atoms. The minimum Gasteiger partial charge on any atom is -0.353 e. The highest BCUT2D eigenvalue weighted by molar-refractivity contribution is 7.92. The maximum atomic E-state index is 13.6. The van der Waals surface area contributed by atoms with Crippen molar-refractivity contribution >= 4 is 33.0 Å². The number of rotatable bonds is 10. The van der Waals surface area contributed by atoms with Crippen LogP contribution in [-0.4, -0.2) is 67.6 Å².